The van der Waals surface area contributed by atoms with E-state index < -0.39 is 0 Å². The standard InChI is InChI=1S/C17H13ClN6OS/c1-23-15(11-6-8-12(18)9-7-11)20-21-17(23)26-10-24-16(25)13-4-2-3-5-14(13)19-22-24/h2-9H,10H2,1H3. The second kappa shape index (κ2) is 6.89. The van der Waals surface area contributed by atoms with E-state index in [0.717, 1.165) is 11.4 Å². The van der Waals surface area contributed by atoms with E-state index in [9.17, 15) is 4.79 Å². The van der Waals surface area contributed by atoms with Crippen LogP contribution in [0.1, 0.15) is 0 Å². The van der Waals surface area contributed by atoms with Crippen LogP contribution < -0.4 is 5.56 Å². The lowest BCUT2D eigenvalue weighted by atomic mass is 10.2. The van der Waals surface area contributed by atoms with Crippen molar-refractivity contribution in [1.29, 1.82) is 0 Å². The molecule has 0 saturated carbocycles. The van der Waals surface area contributed by atoms with Gasteiger partial charge in [-0.3, -0.25) is 4.79 Å². The first-order valence-electron chi connectivity index (χ1n) is 7.74. The predicted octanol–water partition coefficient (Wildman–Crippen LogP) is 2.99. The molecule has 0 aliphatic rings. The highest BCUT2D eigenvalue weighted by atomic mass is 35.5. The first-order chi connectivity index (χ1) is 12.6. The third-order valence-corrected chi connectivity index (χ3v) is 5.12. The van der Waals surface area contributed by atoms with E-state index in [2.05, 4.69) is 20.5 Å². The third kappa shape index (κ3) is 3.09. The van der Waals surface area contributed by atoms with Gasteiger partial charge < -0.3 is 4.57 Å². The molecule has 0 aliphatic heterocycles. The number of rotatable bonds is 4. The van der Waals surface area contributed by atoms with E-state index in [1.165, 1.54) is 16.4 Å². The van der Waals surface area contributed by atoms with Crippen molar-refractivity contribution < 1.29 is 0 Å². The maximum Gasteiger partial charge on any atom is 0.278 e. The molecule has 0 bridgehead atoms. The molecule has 7 nitrogen and oxygen atoms in total. The predicted molar refractivity (Wildman–Crippen MR) is 101 cm³/mol. The number of nitrogens with zero attached hydrogens (tertiary/aromatic N) is 6. The van der Waals surface area contributed by atoms with Gasteiger partial charge in [0, 0.05) is 17.6 Å². The highest BCUT2D eigenvalue weighted by Gasteiger charge is 2.12. The molecule has 4 rings (SSSR count). The topological polar surface area (TPSA) is 78.5 Å². The molecule has 0 saturated heterocycles. The van der Waals surface area contributed by atoms with Gasteiger partial charge in [0.15, 0.2) is 11.0 Å². The van der Waals surface area contributed by atoms with Crippen molar-refractivity contribution in [3.05, 3.63) is 63.9 Å². The summed E-state index contributed by atoms with van der Waals surface area (Å²) in [6, 6.07) is 14.5. The van der Waals surface area contributed by atoms with Gasteiger partial charge in [-0.1, -0.05) is 40.7 Å². The van der Waals surface area contributed by atoms with Crippen LogP contribution in [0.2, 0.25) is 5.02 Å². The molecule has 2 aromatic heterocycles. The van der Waals surface area contributed by atoms with Crippen LogP contribution in [0, 0.1) is 0 Å². The molecular weight excluding hydrogens is 372 g/mol. The summed E-state index contributed by atoms with van der Waals surface area (Å²) >= 11 is 7.29. The van der Waals surface area contributed by atoms with Gasteiger partial charge in [-0.2, -0.15) is 4.68 Å². The molecule has 130 valence electrons. The molecule has 0 unspecified atom stereocenters. The van der Waals surface area contributed by atoms with E-state index in [4.69, 9.17) is 11.6 Å². The molecule has 0 radical (unpaired) electrons. The van der Waals surface area contributed by atoms with Gasteiger partial charge in [0.1, 0.15) is 5.52 Å². The molecule has 2 aromatic carbocycles. The van der Waals surface area contributed by atoms with Crippen LogP contribution >= 0.6 is 23.4 Å². The molecule has 0 spiro atoms. The fraction of sp³-hybridized carbons (Fsp3) is 0.118. The molecule has 0 amide bonds. The van der Waals surface area contributed by atoms with Crippen LogP contribution in [0.15, 0.2) is 58.5 Å². The van der Waals surface area contributed by atoms with Crippen LogP contribution in [0.3, 0.4) is 0 Å². The Morgan fingerprint density at radius 2 is 1.81 bits per heavy atom. The van der Waals surface area contributed by atoms with E-state index >= 15 is 0 Å². The zero-order valence-corrected chi connectivity index (χ0v) is 15.3. The second-order valence-corrected chi connectivity index (χ2v) is 6.91. The van der Waals surface area contributed by atoms with Gasteiger partial charge in [0.25, 0.3) is 5.56 Å². The largest absolute Gasteiger partial charge is 0.305 e. The minimum Gasteiger partial charge on any atom is -0.305 e. The average Bonchev–Trinajstić information content (AvgIpc) is 3.03. The highest BCUT2D eigenvalue weighted by molar-refractivity contribution is 7.98. The summed E-state index contributed by atoms with van der Waals surface area (Å²) in [5.41, 5.74) is 1.32. The maximum atomic E-state index is 12.5. The molecule has 0 atom stereocenters. The van der Waals surface area contributed by atoms with Crippen molar-refractivity contribution in [2.24, 2.45) is 7.05 Å². The Balaban J connectivity index is 1.58. The lowest BCUT2D eigenvalue weighted by Gasteiger charge is -2.05. The van der Waals surface area contributed by atoms with Crippen molar-refractivity contribution in [3.63, 3.8) is 0 Å². The second-order valence-electron chi connectivity index (χ2n) is 5.56. The van der Waals surface area contributed by atoms with Gasteiger partial charge in [-0.05, 0) is 36.4 Å². The Bertz CT molecular complexity index is 1140. The normalized spacial score (nSPS) is 11.2. The number of hydrogen-bond donors (Lipinski definition) is 0. The van der Waals surface area contributed by atoms with Crippen molar-refractivity contribution in [2.75, 3.05) is 0 Å². The number of halogens is 1. The summed E-state index contributed by atoms with van der Waals surface area (Å²) < 4.78 is 3.19. The number of hydrogen-bond acceptors (Lipinski definition) is 6. The Morgan fingerprint density at radius 3 is 2.62 bits per heavy atom. The lowest BCUT2D eigenvalue weighted by molar-refractivity contribution is 0.642. The van der Waals surface area contributed by atoms with Crippen LogP contribution in [-0.4, -0.2) is 29.8 Å². The van der Waals surface area contributed by atoms with E-state index in [-0.39, 0.29) is 5.56 Å². The van der Waals surface area contributed by atoms with Gasteiger partial charge in [0.05, 0.1) is 11.3 Å². The van der Waals surface area contributed by atoms with E-state index in [1.54, 1.807) is 12.1 Å². The fourth-order valence-electron chi connectivity index (χ4n) is 2.52. The summed E-state index contributed by atoms with van der Waals surface area (Å²) in [5.74, 6) is 1.02. The van der Waals surface area contributed by atoms with Gasteiger partial charge in [-0.25, -0.2) is 0 Å². The Kier molecular flexibility index (Phi) is 4.44. The van der Waals surface area contributed by atoms with Gasteiger partial charge in [0.2, 0.25) is 0 Å². The summed E-state index contributed by atoms with van der Waals surface area (Å²) in [6.45, 7) is 0. The average molecular weight is 385 g/mol. The van der Waals surface area contributed by atoms with Crippen molar-refractivity contribution in [2.45, 2.75) is 11.0 Å². The first kappa shape index (κ1) is 16.7. The minimum atomic E-state index is -0.178. The Morgan fingerprint density at radius 1 is 1.04 bits per heavy atom. The van der Waals surface area contributed by atoms with Gasteiger partial charge in [-0.15, -0.1) is 15.3 Å². The van der Waals surface area contributed by atoms with Crippen LogP contribution in [0.4, 0.5) is 0 Å². The molecule has 0 N–H and O–H groups in total. The van der Waals surface area contributed by atoms with Crippen molar-refractivity contribution >= 4 is 34.3 Å². The van der Waals surface area contributed by atoms with Crippen LogP contribution in [-0.2, 0) is 12.9 Å². The van der Waals surface area contributed by atoms with Crippen LogP contribution in [0.5, 0.6) is 0 Å². The van der Waals surface area contributed by atoms with E-state index in [0.29, 0.717) is 27.0 Å². The Hall–Kier alpha value is -2.71. The Labute approximate surface area is 157 Å². The number of benzene rings is 2. The summed E-state index contributed by atoms with van der Waals surface area (Å²) in [4.78, 5) is 12.5. The minimum absolute atomic E-state index is 0.178. The van der Waals surface area contributed by atoms with Crippen LogP contribution in [0.25, 0.3) is 22.3 Å². The van der Waals surface area contributed by atoms with Gasteiger partial charge >= 0.3 is 0 Å². The lowest BCUT2D eigenvalue weighted by Crippen LogP contribution is -2.23. The monoisotopic (exact) mass is 384 g/mol. The maximum absolute atomic E-state index is 12.5. The molecule has 0 aliphatic carbocycles. The fourth-order valence-corrected chi connectivity index (χ4v) is 3.43. The molecule has 0 fully saturated rings. The molecule has 26 heavy (non-hydrogen) atoms. The quantitative estimate of drug-likeness (QED) is 0.503. The number of thioether (sulfide) groups is 1. The molecule has 9 heteroatoms. The van der Waals surface area contributed by atoms with Crippen molar-refractivity contribution in [3.8, 4) is 11.4 Å². The smallest absolute Gasteiger partial charge is 0.278 e. The summed E-state index contributed by atoms with van der Waals surface area (Å²) in [6.07, 6.45) is 0. The van der Waals surface area contributed by atoms with E-state index in [1.807, 2.05) is 48.0 Å². The van der Waals surface area contributed by atoms with Crippen molar-refractivity contribution in [1.82, 2.24) is 29.8 Å². The highest BCUT2D eigenvalue weighted by Crippen LogP contribution is 2.24. The third-order valence-electron chi connectivity index (χ3n) is 3.88. The number of aromatic nitrogens is 6. The summed E-state index contributed by atoms with van der Waals surface area (Å²) in [5, 5.41) is 18.4. The summed E-state index contributed by atoms with van der Waals surface area (Å²) in [7, 11) is 1.88. The molecule has 2 heterocycles. The zero-order valence-electron chi connectivity index (χ0n) is 13.7. The first-order valence-corrected chi connectivity index (χ1v) is 9.10. The number of fused-ring (bicyclic) bond motifs is 1. The SMILES string of the molecule is Cn1c(SCn2nnc3ccccc3c2=O)nnc1-c1ccc(Cl)cc1. The zero-order chi connectivity index (χ0) is 18.1. The molecule has 4 aromatic rings. The molecular formula is C17H13ClN6OS.